The number of halogens is 2. The lowest BCUT2D eigenvalue weighted by Gasteiger charge is -2.26. The number of carbonyl (C=O) groups is 2. The van der Waals surface area contributed by atoms with Crippen molar-refractivity contribution in [1.29, 1.82) is 0 Å². The fourth-order valence-corrected chi connectivity index (χ4v) is 4.71. The lowest BCUT2D eigenvalue weighted by molar-refractivity contribution is -0.139. The highest BCUT2D eigenvalue weighted by Gasteiger charge is 2.46. The van der Waals surface area contributed by atoms with Crippen LogP contribution in [0.15, 0.2) is 84.6 Å². The van der Waals surface area contributed by atoms with Gasteiger partial charge in [0.2, 0.25) is 0 Å². The SMILES string of the molecule is O=C1C(=O)N(CCc2c[nH]c3ccccc23)[C@H](c2ccccc2Cl)C1=C(O)c1ccc(F)cc1. The molecule has 1 saturated heterocycles. The van der Waals surface area contributed by atoms with Gasteiger partial charge in [0.05, 0.1) is 11.6 Å². The first-order chi connectivity index (χ1) is 16.5. The maximum atomic E-state index is 13.4. The van der Waals surface area contributed by atoms with Crippen LogP contribution in [-0.4, -0.2) is 33.2 Å². The fourth-order valence-electron chi connectivity index (χ4n) is 4.47. The third-order valence-electron chi connectivity index (χ3n) is 6.15. The summed E-state index contributed by atoms with van der Waals surface area (Å²) in [5.41, 5.74) is 2.70. The van der Waals surface area contributed by atoms with Gasteiger partial charge in [-0.3, -0.25) is 9.59 Å². The molecule has 0 aliphatic carbocycles. The third-order valence-corrected chi connectivity index (χ3v) is 6.50. The first-order valence-corrected chi connectivity index (χ1v) is 11.2. The molecular weight excluding hydrogens is 455 g/mol. The van der Waals surface area contributed by atoms with Gasteiger partial charge >= 0.3 is 0 Å². The molecule has 170 valence electrons. The van der Waals surface area contributed by atoms with E-state index in [4.69, 9.17) is 11.6 Å². The van der Waals surface area contributed by atoms with E-state index in [0.717, 1.165) is 16.5 Å². The standard InChI is InChI=1S/C27H20ClFN2O3/c28-21-7-3-1-6-20(21)24-23(25(32)16-9-11-18(29)12-10-16)26(33)27(34)31(24)14-13-17-15-30-22-8-4-2-5-19(17)22/h1-12,15,24,30,32H,13-14H2/t24-/m1/s1. The molecule has 1 amide bonds. The number of rotatable bonds is 5. The van der Waals surface area contributed by atoms with E-state index in [1.807, 2.05) is 30.5 Å². The number of ketones is 1. The summed E-state index contributed by atoms with van der Waals surface area (Å²) in [4.78, 5) is 30.9. The van der Waals surface area contributed by atoms with E-state index in [0.29, 0.717) is 17.0 Å². The van der Waals surface area contributed by atoms with Gasteiger partial charge in [-0.25, -0.2) is 4.39 Å². The van der Waals surface area contributed by atoms with Gasteiger partial charge in [-0.1, -0.05) is 48.0 Å². The van der Waals surface area contributed by atoms with Gasteiger partial charge in [0.15, 0.2) is 0 Å². The summed E-state index contributed by atoms with van der Waals surface area (Å²) in [6.07, 6.45) is 2.39. The molecule has 0 bridgehead atoms. The summed E-state index contributed by atoms with van der Waals surface area (Å²) < 4.78 is 13.4. The molecule has 0 radical (unpaired) electrons. The fraction of sp³-hybridized carbons (Fsp3) is 0.111. The number of amides is 1. The molecule has 0 saturated carbocycles. The van der Waals surface area contributed by atoms with Crippen LogP contribution in [0, 0.1) is 5.82 Å². The molecule has 0 spiro atoms. The van der Waals surface area contributed by atoms with Crippen molar-refractivity contribution in [3.05, 3.63) is 112 Å². The Labute approximate surface area is 200 Å². The van der Waals surface area contributed by atoms with E-state index in [-0.39, 0.29) is 23.4 Å². The second kappa shape index (κ2) is 8.80. The molecule has 34 heavy (non-hydrogen) atoms. The number of likely N-dealkylation sites (tertiary alicyclic amines) is 1. The summed E-state index contributed by atoms with van der Waals surface area (Å²) in [7, 11) is 0. The quantitative estimate of drug-likeness (QED) is 0.224. The van der Waals surface area contributed by atoms with Crippen molar-refractivity contribution in [3.63, 3.8) is 0 Å². The minimum Gasteiger partial charge on any atom is -0.507 e. The molecule has 1 atom stereocenters. The van der Waals surface area contributed by atoms with Crippen molar-refractivity contribution in [2.45, 2.75) is 12.5 Å². The molecule has 1 aliphatic heterocycles. The molecule has 4 aromatic rings. The third kappa shape index (κ3) is 3.76. The van der Waals surface area contributed by atoms with Crippen molar-refractivity contribution in [1.82, 2.24) is 9.88 Å². The number of fused-ring (bicyclic) bond motifs is 1. The van der Waals surface area contributed by atoms with Crippen molar-refractivity contribution >= 4 is 40.0 Å². The van der Waals surface area contributed by atoms with Crippen LogP contribution in [0.25, 0.3) is 16.7 Å². The number of aromatic nitrogens is 1. The van der Waals surface area contributed by atoms with Gasteiger partial charge in [-0.05, 0) is 53.9 Å². The highest BCUT2D eigenvalue weighted by atomic mass is 35.5. The van der Waals surface area contributed by atoms with E-state index in [1.54, 1.807) is 24.3 Å². The maximum Gasteiger partial charge on any atom is 0.295 e. The molecule has 1 aliphatic rings. The predicted molar refractivity (Wildman–Crippen MR) is 129 cm³/mol. The Morgan fingerprint density at radius 3 is 2.47 bits per heavy atom. The molecule has 2 heterocycles. The molecule has 7 heteroatoms. The van der Waals surface area contributed by atoms with Crippen molar-refractivity contribution < 1.29 is 19.1 Å². The molecule has 0 unspecified atom stereocenters. The number of aliphatic hydroxyl groups is 1. The van der Waals surface area contributed by atoms with Crippen LogP contribution in [0.3, 0.4) is 0 Å². The van der Waals surface area contributed by atoms with Crippen LogP contribution < -0.4 is 0 Å². The summed E-state index contributed by atoms with van der Waals surface area (Å²) in [5.74, 6) is -2.35. The largest absolute Gasteiger partial charge is 0.507 e. The van der Waals surface area contributed by atoms with E-state index in [2.05, 4.69) is 4.98 Å². The minimum absolute atomic E-state index is 0.0661. The maximum absolute atomic E-state index is 13.4. The number of hydrogen-bond donors (Lipinski definition) is 2. The number of nitrogens with zero attached hydrogens (tertiary/aromatic N) is 1. The van der Waals surface area contributed by atoms with Gasteiger partial charge < -0.3 is 15.0 Å². The first kappa shape index (κ1) is 21.9. The number of nitrogens with one attached hydrogen (secondary N) is 1. The number of aliphatic hydroxyl groups excluding tert-OH is 1. The zero-order valence-electron chi connectivity index (χ0n) is 18.0. The number of Topliss-reactive ketones (excluding diaryl/α,β-unsaturated/α-hetero) is 1. The number of carbonyl (C=O) groups excluding carboxylic acids is 2. The van der Waals surface area contributed by atoms with Crippen LogP contribution >= 0.6 is 11.6 Å². The van der Waals surface area contributed by atoms with Crippen LogP contribution in [-0.2, 0) is 16.0 Å². The predicted octanol–water partition coefficient (Wildman–Crippen LogP) is 5.62. The van der Waals surface area contributed by atoms with E-state index >= 15 is 0 Å². The average Bonchev–Trinajstić information content (AvgIpc) is 3.37. The Morgan fingerprint density at radius 1 is 1.00 bits per heavy atom. The molecule has 5 nitrogen and oxygen atoms in total. The normalized spacial score (nSPS) is 17.6. The lowest BCUT2D eigenvalue weighted by Crippen LogP contribution is -2.31. The summed E-state index contributed by atoms with van der Waals surface area (Å²) in [5, 5.41) is 12.5. The average molecular weight is 475 g/mol. The smallest absolute Gasteiger partial charge is 0.295 e. The summed E-state index contributed by atoms with van der Waals surface area (Å²) in [6, 6.07) is 19.0. The number of para-hydroxylation sites is 1. The Kier molecular flexibility index (Phi) is 5.67. The monoisotopic (exact) mass is 474 g/mol. The summed E-state index contributed by atoms with van der Waals surface area (Å²) in [6.45, 7) is 0.239. The van der Waals surface area contributed by atoms with E-state index in [9.17, 15) is 19.1 Å². The molecular formula is C27H20ClFN2O3. The topological polar surface area (TPSA) is 73.4 Å². The van der Waals surface area contributed by atoms with Crippen LogP contribution in [0.1, 0.15) is 22.7 Å². The number of benzene rings is 3. The first-order valence-electron chi connectivity index (χ1n) is 10.8. The van der Waals surface area contributed by atoms with Crippen LogP contribution in [0.4, 0.5) is 4.39 Å². The molecule has 1 aromatic heterocycles. The van der Waals surface area contributed by atoms with Crippen molar-refractivity contribution in [2.75, 3.05) is 6.54 Å². The summed E-state index contributed by atoms with van der Waals surface area (Å²) >= 11 is 6.47. The van der Waals surface area contributed by atoms with Gasteiger partial charge in [0.25, 0.3) is 11.7 Å². The van der Waals surface area contributed by atoms with Crippen molar-refractivity contribution in [3.8, 4) is 0 Å². The van der Waals surface area contributed by atoms with Gasteiger partial charge in [0, 0.05) is 34.2 Å². The minimum atomic E-state index is -0.871. The van der Waals surface area contributed by atoms with Gasteiger partial charge in [-0.2, -0.15) is 0 Å². The van der Waals surface area contributed by atoms with Gasteiger partial charge in [-0.15, -0.1) is 0 Å². The van der Waals surface area contributed by atoms with E-state index in [1.165, 1.54) is 29.2 Å². The van der Waals surface area contributed by atoms with Gasteiger partial charge in [0.1, 0.15) is 11.6 Å². The Balaban J connectivity index is 1.58. The molecule has 1 fully saturated rings. The Hall–Kier alpha value is -3.90. The van der Waals surface area contributed by atoms with Crippen LogP contribution in [0.2, 0.25) is 5.02 Å². The molecule has 5 rings (SSSR count). The zero-order valence-corrected chi connectivity index (χ0v) is 18.7. The second-order valence-corrected chi connectivity index (χ2v) is 8.54. The van der Waals surface area contributed by atoms with Crippen molar-refractivity contribution in [2.24, 2.45) is 0 Å². The number of aromatic amines is 1. The second-order valence-electron chi connectivity index (χ2n) is 8.13. The van der Waals surface area contributed by atoms with E-state index < -0.39 is 23.5 Å². The Bertz CT molecular complexity index is 1440. The highest BCUT2D eigenvalue weighted by Crippen LogP contribution is 2.42. The molecule has 2 N–H and O–H groups in total. The number of H-pyrrole nitrogens is 1. The van der Waals surface area contributed by atoms with Crippen LogP contribution in [0.5, 0.6) is 0 Å². The highest BCUT2D eigenvalue weighted by molar-refractivity contribution is 6.47. The lowest BCUT2D eigenvalue weighted by atomic mass is 9.95. The number of hydrogen-bond acceptors (Lipinski definition) is 3. The Morgan fingerprint density at radius 2 is 1.71 bits per heavy atom. The zero-order chi connectivity index (χ0) is 23.8. The molecule has 3 aromatic carbocycles.